The van der Waals surface area contributed by atoms with Crippen LogP contribution in [-0.2, 0) is 4.74 Å². The molecule has 2 heterocycles. The zero-order valence-corrected chi connectivity index (χ0v) is 12.1. The Kier molecular flexibility index (Phi) is 4.09. The summed E-state index contributed by atoms with van der Waals surface area (Å²) in [4.78, 5) is 15.8. The van der Waals surface area contributed by atoms with Gasteiger partial charge in [0.2, 0.25) is 5.89 Å². The van der Waals surface area contributed by atoms with Crippen LogP contribution in [0.4, 0.5) is 4.39 Å². The maximum absolute atomic E-state index is 12.9. The number of pyridine rings is 1. The number of hydrogen-bond acceptors (Lipinski definition) is 6. The Bertz CT molecular complexity index is 803. The average Bonchev–Trinajstić information content (AvgIpc) is 3.06. The van der Waals surface area contributed by atoms with Gasteiger partial charge in [0, 0.05) is 18.0 Å². The first-order valence-electron chi connectivity index (χ1n) is 6.84. The predicted octanol–water partition coefficient (Wildman–Crippen LogP) is 3.19. The van der Waals surface area contributed by atoms with Crippen molar-refractivity contribution in [2.24, 2.45) is 0 Å². The van der Waals surface area contributed by atoms with Gasteiger partial charge in [0.1, 0.15) is 5.82 Å². The molecular formula is C16H12FN3O3. The molecule has 0 aliphatic heterocycles. The number of benzene rings is 1. The highest BCUT2D eigenvalue weighted by molar-refractivity contribution is 5.89. The summed E-state index contributed by atoms with van der Waals surface area (Å²) in [6.07, 6.45) is 2.25. The quantitative estimate of drug-likeness (QED) is 0.688. The van der Waals surface area contributed by atoms with Crippen molar-refractivity contribution >= 4 is 5.97 Å². The van der Waals surface area contributed by atoms with Crippen LogP contribution in [-0.4, -0.2) is 21.2 Å². The molecule has 2 aromatic heterocycles. The summed E-state index contributed by atoms with van der Waals surface area (Å²) in [5.74, 6) is -0.509. The molecule has 1 aromatic carbocycles. The largest absolute Gasteiger partial charge is 0.449 e. The van der Waals surface area contributed by atoms with Crippen LogP contribution >= 0.6 is 0 Å². The zero-order chi connectivity index (χ0) is 16.2. The Morgan fingerprint density at radius 3 is 2.70 bits per heavy atom. The maximum atomic E-state index is 12.9. The minimum atomic E-state index is -0.718. The van der Waals surface area contributed by atoms with E-state index in [1.165, 1.54) is 30.5 Å². The number of rotatable bonds is 4. The number of halogens is 1. The molecule has 0 saturated carbocycles. The summed E-state index contributed by atoms with van der Waals surface area (Å²) in [5, 5.41) is 7.73. The summed E-state index contributed by atoms with van der Waals surface area (Å²) < 4.78 is 23.6. The van der Waals surface area contributed by atoms with Crippen LogP contribution in [0.3, 0.4) is 0 Å². The van der Waals surface area contributed by atoms with Crippen molar-refractivity contribution in [3.05, 3.63) is 66.1 Å². The van der Waals surface area contributed by atoms with Crippen molar-refractivity contribution < 1.29 is 18.3 Å². The van der Waals surface area contributed by atoms with E-state index < -0.39 is 12.1 Å². The van der Waals surface area contributed by atoms with Gasteiger partial charge in [-0.15, -0.1) is 10.2 Å². The highest BCUT2D eigenvalue weighted by atomic mass is 19.1. The molecule has 116 valence electrons. The van der Waals surface area contributed by atoms with Gasteiger partial charge < -0.3 is 9.15 Å². The van der Waals surface area contributed by atoms with Crippen LogP contribution in [0.15, 0.2) is 53.2 Å². The molecule has 0 bridgehead atoms. The minimum Gasteiger partial charge on any atom is -0.449 e. The molecule has 1 atom stereocenters. The molecule has 0 spiro atoms. The number of aromatic nitrogens is 3. The molecule has 3 rings (SSSR count). The number of carbonyl (C=O) groups excluding carboxylic acids is 1. The van der Waals surface area contributed by atoms with Gasteiger partial charge in [0.25, 0.3) is 5.89 Å². The molecule has 0 saturated heterocycles. The second-order valence-corrected chi connectivity index (χ2v) is 4.74. The van der Waals surface area contributed by atoms with Gasteiger partial charge in [-0.05, 0) is 43.3 Å². The van der Waals surface area contributed by atoms with Gasteiger partial charge in [-0.1, -0.05) is 0 Å². The third kappa shape index (κ3) is 3.39. The SMILES string of the molecule is C[C@H](OC(=O)c1cccnc1)c1nnc(-c2ccc(F)cc2)o1. The normalized spacial score (nSPS) is 11.9. The summed E-state index contributed by atoms with van der Waals surface area (Å²) in [7, 11) is 0. The number of ether oxygens (including phenoxy) is 1. The standard InChI is InChI=1S/C16H12FN3O3/c1-10(22-16(21)12-3-2-8-18-9-12)14-19-20-15(23-14)11-4-6-13(17)7-5-11/h2-10H,1H3/t10-/m0/s1. The van der Waals surface area contributed by atoms with Crippen LogP contribution in [0.5, 0.6) is 0 Å². The van der Waals surface area contributed by atoms with Crippen LogP contribution in [0.1, 0.15) is 29.3 Å². The molecule has 0 unspecified atom stereocenters. The fourth-order valence-electron chi connectivity index (χ4n) is 1.87. The summed E-state index contributed by atoms with van der Waals surface area (Å²) in [5.41, 5.74) is 0.911. The number of nitrogens with zero attached hydrogens (tertiary/aromatic N) is 3. The maximum Gasteiger partial charge on any atom is 0.340 e. The van der Waals surface area contributed by atoms with Crippen molar-refractivity contribution in [2.45, 2.75) is 13.0 Å². The highest BCUT2D eigenvalue weighted by Gasteiger charge is 2.20. The Hall–Kier alpha value is -3.09. The molecule has 0 aliphatic rings. The molecule has 0 amide bonds. The van der Waals surface area contributed by atoms with E-state index in [1.807, 2.05) is 0 Å². The molecule has 23 heavy (non-hydrogen) atoms. The lowest BCUT2D eigenvalue weighted by Crippen LogP contribution is -2.09. The molecule has 0 fully saturated rings. The van der Waals surface area contributed by atoms with Gasteiger partial charge in [-0.2, -0.15) is 0 Å². The van der Waals surface area contributed by atoms with Crippen LogP contribution in [0.25, 0.3) is 11.5 Å². The fourth-order valence-corrected chi connectivity index (χ4v) is 1.87. The smallest absolute Gasteiger partial charge is 0.340 e. The second kappa shape index (κ2) is 6.35. The summed E-state index contributed by atoms with van der Waals surface area (Å²) >= 11 is 0. The zero-order valence-electron chi connectivity index (χ0n) is 12.1. The van der Waals surface area contributed by atoms with E-state index in [9.17, 15) is 9.18 Å². The summed E-state index contributed by atoms with van der Waals surface area (Å²) in [6, 6.07) is 8.88. The topological polar surface area (TPSA) is 78.1 Å². The van der Waals surface area contributed by atoms with Crippen molar-refractivity contribution in [2.75, 3.05) is 0 Å². The highest BCUT2D eigenvalue weighted by Crippen LogP contribution is 2.23. The van der Waals surface area contributed by atoms with Crippen molar-refractivity contribution in [1.82, 2.24) is 15.2 Å². The van der Waals surface area contributed by atoms with Crippen LogP contribution in [0, 0.1) is 5.82 Å². The summed E-state index contributed by atoms with van der Waals surface area (Å²) in [6.45, 7) is 1.62. The third-order valence-electron chi connectivity index (χ3n) is 3.06. The lowest BCUT2D eigenvalue weighted by atomic mass is 10.2. The van der Waals surface area contributed by atoms with E-state index in [0.29, 0.717) is 11.1 Å². The first-order valence-corrected chi connectivity index (χ1v) is 6.84. The molecule has 3 aromatic rings. The van der Waals surface area contributed by atoms with Crippen LogP contribution < -0.4 is 0 Å². The van der Waals surface area contributed by atoms with E-state index in [-0.39, 0.29) is 17.6 Å². The van der Waals surface area contributed by atoms with E-state index >= 15 is 0 Å². The Morgan fingerprint density at radius 1 is 1.22 bits per heavy atom. The molecule has 0 radical (unpaired) electrons. The number of esters is 1. The van der Waals surface area contributed by atoms with E-state index in [4.69, 9.17) is 9.15 Å². The van der Waals surface area contributed by atoms with Gasteiger partial charge in [0.05, 0.1) is 5.56 Å². The molecule has 7 heteroatoms. The second-order valence-electron chi connectivity index (χ2n) is 4.74. The molecule has 0 aliphatic carbocycles. The predicted molar refractivity (Wildman–Crippen MR) is 77.8 cm³/mol. The first kappa shape index (κ1) is 14.8. The monoisotopic (exact) mass is 313 g/mol. The van der Waals surface area contributed by atoms with E-state index in [0.717, 1.165) is 0 Å². The third-order valence-corrected chi connectivity index (χ3v) is 3.06. The minimum absolute atomic E-state index is 0.154. The van der Waals surface area contributed by atoms with Crippen molar-refractivity contribution in [3.63, 3.8) is 0 Å². The Morgan fingerprint density at radius 2 is 2.00 bits per heavy atom. The Labute approximate surface area is 131 Å². The van der Waals surface area contributed by atoms with Gasteiger partial charge in [0.15, 0.2) is 6.10 Å². The first-order chi connectivity index (χ1) is 11.1. The average molecular weight is 313 g/mol. The van der Waals surface area contributed by atoms with Gasteiger partial charge >= 0.3 is 5.97 Å². The lowest BCUT2D eigenvalue weighted by Gasteiger charge is -2.08. The van der Waals surface area contributed by atoms with Gasteiger partial charge in [-0.25, -0.2) is 9.18 Å². The lowest BCUT2D eigenvalue weighted by molar-refractivity contribution is 0.0279. The van der Waals surface area contributed by atoms with Crippen LogP contribution in [0.2, 0.25) is 0 Å². The van der Waals surface area contributed by atoms with E-state index in [2.05, 4.69) is 15.2 Å². The van der Waals surface area contributed by atoms with Crippen molar-refractivity contribution in [1.29, 1.82) is 0 Å². The molecular weight excluding hydrogens is 301 g/mol. The Balaban J connectivity index is 1.72. The van der Waals surface area contributed by atoms with Crippen molar-refractivity contribution in [3.8, 4) is 11.5 Å². The van der Waals surface area contributed by atoms with E-state index in [1.54, 1.807) is 25.3 Å². The number of carbonyl (C=O) groups is 1. The molecule has 0 N–H and O–H groups in total. The molecule has 6 nitrogen and oxygen atoms in total. The fraction of sp³-hybridized carbons (Fsp3) is 0.125. The number of hydrogen-bond donors (Lipinski definition) is 0. The van der Waals surface area contributed by atoms with Gasteiger partial charge in [-0.3, -0.25) is 4.98 Å².